The number of halogens is 2. The highest BCUT2D eigenvalue weighted by Crippen LogP contribution is 2.24. The van der Waals surface area contributed by atoms with Crippen LogP contribution in [0.5, 0.6) is 0 Å². The zero-order valence-corrected chi connectivity index (χ0v) is 10.2. The fourth-order valence-corrected chi connectivity index (χ4v) is 1.49. The van der Waals surface area contributed by atoms with Gasteiger partial charge in [0.15, 0.2) is 0 Å². The molecule has 0 amide bonds. The van der Waals surface area contributed by atoms with Crippen molar-refractivity contribution in [1.82, 2.24) is 0 Å². The molecule has 12 heavy (non-hydrogen) atoms. The zero-order valence-electron chi connectivity index (χ0n) is 7.27. The number of hydrogen-bond acceptors (Lipinski definition) is 0. The fourth-order valence-electron chi connectivity index (χ4n) is 0.978. The Morgan fingerprint density at radius 2 is 1.75 bits per heavy atom. The fraction of sp³-hybridized carbons (Fsp3) is 0.400. The predicted molar refractivity (Wildman–Crippen MR) is 62.9 cm³/mol. The molecule has 0 atom stereocenters. The van der Waals surface area contributed by atoms with E-state index >= 15 is 0 Å². The van der Waals surface area contributed by atoms with E-state index in [1.165, 1.54) is 9.13 Å². The second-order valence-electron chi connectivity index (χ2n) is 3.52. The van der Waals surface area contributed by atoms with Crippen molar-refractivity contribution in [3.8, 4) is 0 Å². The third-order valence-corrected chi connectivity index (χ3v) is 3.35. The van der Waals surface area contributed by atoms with Crippen molar-refractivity contribution in [2.75, 3.05) is 5.88 Å². The molecule has 1 aromatic carbocycles. The van der Waals surface area contributed by atoms with Crippen LogP contribution in [-0.2, 0) is 5.41 Å². The normalized spacial score (nSPS) is 11.7. The maximum absolute atomic E-state index is 5.87. The minimum Gasteiger partial charge on any atom is -0.126 e. The van der Waals surface area contributed by atoms with Crippen LogP contribution in [0.25, 0.3) is 0 Å². The summed E-state index contributed by atoms with van der Waals surface area (Å²) in [5.74, 6) is 0.660. The maximum Gasteiger partial charge on any atom is 0.0315 e. The second-order valence-corrected chi connectivity index (χ2v) is 5.04. The summed E-state index contributed by atoms with van der Waals surface area (Å²) in [6.07, 6.45) is 0. The van der Waals surface area contributed by atoms with Crippen molar-refractivity contribution < 1.29 is 0 Å². The molecule has 66 valence electrons. The van der Waals surface area contributed by atoms with Crippen molar-refractivity contribution in [2.45, 2.75) is 19.3 Å². The molecule has 0 N–H and O–H groups in total. The Kier molecular flexibility index (Phi) is 3.41. The molecule has 0 bridgehead atoms. The van der Waals surface area contributed by atoms with Crippen LogP contribution in [-0.4, -0.2) is 5.88 Å². The first-order valence-corrected chi connectivity index (χ1v) is 5.49. The van der Waals surface area contributed by atoms with Crippen LogP contribution >= 0.6 is 34.2 Å². The average molecular weight is 295 g/mol. The Morgan fingerprint density at radius 3 is 2.17 bits per heavy atom. The molecule has 2 heteroatoms. The lowest BCUT2D eigenvalue weighted by molar-refractivity contribution is 0.598. The first-order valence-electron chi connectivity index (χ1n) is 3.88. The predicted octanol–water partition coefficient (Wildman–Crippen LogP) is 3.81. The maximum atomic E-state index is 5.87. The highest BCUT2D eigenvalue weighted by atomic mass is 127. The second kappa shape index (κ2) is 3.97. The van der Waals surface area contributed by atoms with Gasteiger partial charge in [0, 0.05) is 14.9 Å². The summed E-state index contributed by atoms with van der Waals surface area (Å²) in [7, 11) is 0. The third kappa shape index (κ3) is 2.36. The van der Waals surface area contributed by atoms with Gasteiger partial charge in [-0.25, -0.2) is 0 Å². The van der Waals surface area contributed by atoms with Crippen molar-refractivity contribution in [1.29, 1.82) is 0 Å². The molecule has 0 unspecified atom stereocenters. The molecule has 0 heterocycles. The van der Waals surface area contributed by atoms with Gasteiger partial charge in [0.2, 0.25) is 0 Å². The van der Waals surface area contributed by atoms with Crippen LogP contribution in [0.3, 0.4) is 0 Å². The lowest BCUT2D eigenvalue weighted by atomic mass is 9.87. The molecule has 0 aliphatic rings. The SMILES string of the molecule is CC(C)(CCl)c1ccc(I)cc1. The monoisotopic (exact) mass is 294 g/mol. The van der Waals surface area contributed by atoms with Gasteiger partial charge >= 0.3 is 0 Å². The quantitative estimate of drug-likeness (QED) is 0.575. The van der Waals surface area contributed by atoms with Gasteiger partial charge in [-0.2, -0.15) is 0 Å². The van der Waals surface area contributed by atoms with E-state index in [0.717, 1.165) is 0 Å². The van der Waals surface area contributed by atoms with Crippen LogP contribution in [0.2, 0.25) is 0 Å². The van der Waals surface area contributed by atoms with Crippen molar-refractivity contribution in [3.63, 3.8) is 0 Å². The molecule has 0 nitrogen and oxygen atoms in total. The van der Waals surface area contributed by atoms with E-state index in [1.807, 2.05) is 0 Å². The summed E-state index contributed by atoms with van der Waals surface area (Å²) in [4.78, 5) is 0. The van der Waals surface area contributed by atoms with Gasteiger partial charge in [0.25, 0.3) is 0 Å². The first kappa shape index (κ1) is 10.3. The molecule has 0 fully saturated rings. The number of alkyl halides is 1. The molecular weight excluding hydrogens is 282 g/mol. The molecule has 0 saturated heterocycles. The van der Waals surface area contributed by atoms with Crippen LogP contribution in [0, 0.1) is 3.57 Å². The van der Waals surface area contributed by atoms with Crippen molar-refractivity contribution in [3.05, 3.63) is 33.4 Å². The van der Waals surface area contributed by atoms with Crippen molar-refractivity contribution >= 4 is 34.2 Å². The van der Waals surface area contributed by atoms with E-state index in [0.29, 0.717) is 5.88 Å². The van der Waals surface area contributed by atoms with Crippen LogP contribution in [0.15, 0.2) is 24.3 Å². The Balaban J connectivity index is 2.96. The Bertz CT molecular complexity index is 251. The van der Waals surface area contributed by atoms with Gasteiger partial charge in [-0.1, -0.05) is 26.0 Å². The minimum absolute atomic E-state index is 0.0892. The Morgan fingerprint density at radius 1 is 1.25 bits per heavy atom. The molecule has 1 rings (SSSR count). The summed E-state index contributed by atoms with van der Waals surface area (Å²) in [5.41, 5.74) is 1.39. The zero-order chi connectivity index (χ0) is 9.19. The van der Waals surface area contributed by atoms with Crippen molar-refractivity contribution in [2.24, 2.45) is 0 Å². The Labute approximate surface area is 92.5 Å². The number of rotatable bonds is 2. The van der Waals surface area contributed by atoms with E-state index in [4.69, 9.17) is 11.6 Å². The van der Waals surface area contributed by atoms with Gasteiger partial charge in [0.1, 0.15) is 0 Å². The van der Waals surface area contributed by atoms with Crippen LogP contribution in [0.4, 0.5) is 0 Å². The Hall–Kier alpha value is 0.240. The molecule has 1 aromatic rings. The van der Waals surface area contributed by atoms with Gasteiger partial charge in [-0.15, -0.1) is 11.6 Å². The summed E-state index contributed by atoms with van der Waals surface area (Å²) < 4.78 is 1.27. The molecule has 0 aliphatic heterocycles. The van der Waals surface area contributed by atoms with E-state index in [2.05, 4.69) is 60.7 Å². The molecular formula is C10H12ClI. The van der Waals surface area contributed by atoms with Crippen LogP contribution in [0.1, 0.15) is 19.4 Å². The highest BCUT2D eigenvalue weighted by Gasteiger charge is 2.18. The summed E-state index contributed by atoms with van der Waals surface area (Å²) in [6, 6.07) is 8.52. The highest BCUT2D eigenvalue weighted by molar-refractivity contribution is 14.1. The molecule has 0 aromatic heterocycles. The van der Waals surface area contributed by atoms with Gasteiger partial charge < -0.3 is 0 Å². The lowest BCUT2D eigenvalue weighted by Gasteiger charge is -2.21. The van der Waals surface area contributed by atoms with E-state index in [1.54, 1.807) is 0 Å². The topological polar surface area (TPSA) is 0 Å². The smallest absolute Gasteiger partial charge is 0.0315 e. The number of benzene rings is 1. The molecule has 0 saturated carbocycles. The summed E-state index contributed by atoms with van der Waals surface area (Å²) >= 11 is 8.17. The van der Waals surface area contributed by atoms with E-state index < -0.39 is 0 Å². The first-order chi connectivity index (χ1) is 5.56. The standard InChI is InChI=1S/C10H12ClI/c1-10(2,7-11)8-3-5-9(12)6-4-8/h3-6H,7H2,1-2H3. The summed E-state index contributed by atoms with van der Waals surface area (Å²) in [5, 5.41) is 0. The molecule has 0 spiro atoms. The van der Waals surface area contributed by atoms with E-state index in [-0.39, 0.29) is 5.41 Å². The van der Waals surface area contributed by atoms with Gasteiger partial charge in [0.05, 0.1) is 0 Å². The third-order valence-electron chi connectivity index (χ3n) is 1.96. The van der Waals surface area contributed by atoms with Gasteiger partial charge in [-0.05, 0) is 40.3 Å². The van der Waals surface area contributed by atoms with E-state index in [9.17, 15) is 0 Å². The molecule has 0 radical (unpaired) electrons. The molecule has 0 aliphatic carbocycles. The number of hydrogen-bond donors (Lipinski definition) is 0. The van der Waals surface area contributed by atoms with Gasteiger partial charge in [-0.3, -0.25) is 0 Å². The lowest BCUT2D eigenvalue weighted by Crippen LogP contribution is -2.18. The summed E-state index contributed by atoms with van der Waals surface area (Å²) in [6.45, 7) is 4.31. The largest absolute Gasteiger partial charge is 0.126 e. The van der Waals surface area contributed by atoms with Crippen LogP contribution < -0.4 is 0 Å². The average Bonchev–Trinajstić information content (AvgIpc) is 2.05. The minimum atomic E-state index is 0.0892.